The Hall–Kier alpha value is -2.94. The van der Waals surface area contributed by atoms with E-state index < -0.39 is 0 Å². The standard InChI is InChI=1S/C23H20FNO/c1-16-6-2-4-8-20(16)23(26)25-15-14-17-7-3-5-9-21(17)22(25)18-10-12-19(24)13-11-18/h2-13,22H,14-15H2,1H3. The molecule has 3 aromatic carbocycles. The lowest BCUT2D eigenvalue weighted by Gasteiger charge is -2.38. The van der Waals surface area contributed by atoms with Crippen molar-refractivity contribution in [3.8, 4) is 0 Å². The third-order valence-corrected chi connectivity index (χ3v) is 5.11. The van der Waals surface area contributed by atoms with Crippen LogP contribution in [0.2, 0.25) is 0 Å². The van der Waals surface area contributed by atoms with Crippen LogP contribution in [0.5, 0.6) is 0 Å². The molecule has 0 bridgehead atoms. The van der Waals surface area contributed by atoms with E-state index in [0.29, 0.717) is 6.54 Å². The van der Waals surface area contributed by atoms with Crippen molar-refractivity contribution >= 4 is 5.91 Å². The first-order valence-electron chi connectivity index (χ1n) is 8.85. The highest BCUT2D eigenvalue weighted by Crippen LogP contribution is 2.36. The van der Waals surface area contributed by atoms with Gasteiger partial charge in [-0.1, -0.05) is 54.6 Å². The molecule has 2 nitrogen and oxygen atoms in total. The fourth-order valence-corrected chi connectivity index (χ4v) is 3.76. The Bertz CT molecular complexity index is 948. The summed E-state index contributed by atoms with van der Waals surface area (Å²) in [6, 6.07) is 22.1. The van der Waals surface area contributed by atoms with E-state index in [0.717, 1.165) is 28.7 Å². The molecule has 0 saturated carbocycles. The number of carbonyl (C=O) groups excluding carboxylic acids is 1. The molecule has 1 unspecified atom stereocenters. The molecule has 4 rings (SSSR count). The van der Waals surface area contributed by atoms with Crippen LogP contribution in [-0.2, 0) is 6.42 Å². The molecule has 1 heterocycles. The van der Waals surface area contributed by atoms with Gasteiger partial charge in [0.25, 0.3) is 5.91 Å². The Kier molecular flexibility index (Phi) is 4.29. The van der Waals surface area contributed by atoms with Gasteiger partial charge >= 0.3 is 0 Å². The Balaban J connectivity index is 1.82. The number of carbonyl (C=O) groups is 1. The van der Waals surface area contributed by atoms with Gasteiger partial charge in [-0.05, 0) is 53.8 Å². The first kappa shape index (κ1) is 16.5. The molecule has 3 heteroatoms. The van der Waals surface area contributed by atoms with Crippen LogP contribution in [-0.4, -0.2) is 17.4 Å². The Labute approximate surface area is 152 Å². The molecule has 0 fully saturated rings. The van der Waals surface area contributed by atoms with Crippen molar-refractivity contribution < 1.29 is 9.18 Å². The van der Waals surface area contributed by atoms with E-state index in [1.54, 1.807) is 12.1 Å². The van der Waals surface area contributed by atoms with E-state index in [1.165, 1.54) is 17.7 Å². The Morgan fingerprint density at radius 2 is 1.65 bits per heavy atom. The van der Waals surface area contributed by atoms with E-state index in [1.807, 2.05) is 48.2 Å². The van der Waals surface area contributed by atoms with E-state index in [2.05, 4.69) is 12.1 Å². The van der Waals surface area contributed by atoms with E-state index in [9.17, 15) is 9.18 Å². The number of hydrogen-bond donors (Lipinski definition) is 0. The smallest absolute Gasteiger partial charge is 0.254 e. The van der Waals surface area contributed by atoms with E-state index >= 15 is 0 Å². The Morgan fingerprint density at radius 1 is 0.962 bits per heavy atom. The summed E-state index contributed by atoms with van der Waals surface area (Å²) in [5, 5.41) is 0. The van der Waals surface area contributed by atoms with Gasteiger partial charge in [0.05, 0.1) is 6.04 Å². The molecule has 0 aromatic heterocycles. The summed E-state index contributed by atoms with van der Waals surface area (Å²) in [5.74, 6) is -0.249. The second-order valence-electron chi connectivity index (χ2n) is 6.72. The molecular formula is C23H20FNO. The van der Waals surface area contributed by atoms with Gasteiger partial charge in [-0.25, -0.2) is 4.39 Å². The minimum absolute atomic E-state index is 0.0203. The monoisotopic (exact) mass is 345 g/mol. The molecule has 1 amide bonds. The van der Waals surface area contributed by atoms with Crippen LogP contribution in [0, 0.1) is 12.7 Å². The van der Waals surface area contributed by atoms with Crippen molar-refractivity contribution in [2.24, 2.45) is 0 Å². The molecular weight excluding hydrogens is 325 g/mol. The van der Waals surface area contributed by atoms with Crippen LogP contribution in [0.4, 0.5) is 4.39 Å². The zero-order chi connectivity index (χ0) is 18.1. The SMILES string of the molecule is Cc1ccccc1C(=O)N1CCc2ccccc2C1c1ccc(F)cc1. The van der Waals surface area contributed by atoms with E-state index in [4.69, 9.17) is 0 Å². The highest BCUT2D eigenvalue weighted by Gasteiger charge is 2.32. The summed E-state index contributed by atoms with van der Waals surface area (Å²) in [4.78, 5) is 15.2. The number of rotatable bonds is 2. The number of halogens is 1. The highest BCUT2D eigenvalue weighted by molar-refractivity contribution is 5.96. The van der Waals surface area contributed by atoms with Crippen molar-refractivity contribution in [3.63, 3.8) is 0 Å². The molecule has 0 saturated heterocycles. The normalized spacial score (nSPS) is 16.2. The quantitative estimate of drug-likeness (QED) is 0.645. The fraction of sp³-hybridized carbons (Fsp3) is 0.174. The molecule has 1 aliphatic rings. The number of amides is 1. The first-order valence-corrected chi connectivity index (χ1v) is 8.85. The molecule has 1 aliphatic heterocycles. The molecule has 3 aromatic rings. The molecule has 1 atom stereocenters. The summed E-state index contributed by atoms with van der Waals surface area (Å²) in [6.45, 7) is 2.60. The van der Waals surface area contributed by atoms with Gasteiger partial charge in [-0.15, -0.1) is 0 Å². The highest BCUT2D eigenvalue weighted by atomic mass is 19.1. The second-order valence-corrected chi connectivity index (χ2v) is 6.72. The van der Waals surface area contributed by atoms with Crippen LogP contribution in [0.3, 0.4) is 0 Å². The maximum Gasteiger partial charge on any atom is 0.254 e. The lowest BCUT2D eigenvalue weighted by Crippen LogP contribution is -2.40. The average molecular weight is 345 g/mol. The van der Waals surface area contributed by atoms with Crippen molar-refractivity contribution in [3.05, 3.63) is 106 Å². The third-order valence-electron chi connectivity index (χ3n) is 5.11. The van der Waals surface area contributed by atoms with Gasteiger partial charge in [0.2, 0.25) is 0 Å². The van der Waals surface area contributed by atoms with Gasteiger partial charge in [-0.3, -0.25) is 4.79 Å². The van der Waals surface area contributed by atoms with Crippen molar-refractivity contribution in [2.45, 2.75) is 19.4 Å². The van der Waals surface area contributed by atoms with Crippen molar-refractivity contribution in [1.29, 1.82) is 0 Å². The fourth-order valence-electron chi connectivity index (χ4n) is 3.76. The molecule has 26 heavy (non-hydrogen) atoms. The minimum Gasteiger partial charge on any atom is -0.327 e. The van der Waals surface area contributed by atoms with Gasteiger partial charge in [-0.2, -0.15) is 0 Å². The van der Waals surface area contributed by atoms with Crippen LogP contribution in [0.1, 0.15) is 38.7 Å². The number of hydrogen-bond acceptors (Lipinski definition) is 1. The largest absolute Gasteiger partial charge is 0.327 e. The predicted octanol–water partition coefficient (Wildman–Crippen LogP) is 4.92. The van der Waals surface area contributed by atoms with Crippen LogP contribution < -0.4 is 0 Å². The second kappa shape index (κ2) is 6.75. The van der Waals surface area contributed by atoms with Gasteiger partial charge in [0, 0.05) is 12.1 Å². The number of nitrogens with zero attached hydrogens (tertiary/aromatic N) is 1. The van der Waals surface area contributed by atoms with Crippen molar-refractivity contribution in [2.75, 3.05) is 6.54 Å². The zero-order valence-corrected chi connectivity index (χ0v) is 14.7. The number of aryl methyl sites for hydroxylation is 1. The molecule has 0 aliphatic carbocycles. The topological polar surface area (TPSA) is 20.3 Å². The first-order chi connectivity index (χ1) is 12.6. The molecule has 0 N–H and O–H groups in total. The number of fused-ring (bicyclic) bond motifs is 1. The molecule has 0 spiro atoms. The third kappa shape index (κ3) is 2.90. The van der Waals surface area contributed by atoms with Crippen LogP contribution in [0.25, 0.3) is 0 Å². The zero-order valence-electron chi connectivity index (χ0n) is 14.7. The maximum absolute atomic E-state index is 13.4. The molecule has 130 valence electrons. The van der Waals surface area contributed by atoms with Gasteiger partial charge < -0.3 is 4.90 Å². The summed E-state index contributed by atoms with van der Waals surface area (Å²) in [7, 11) is 0. The Morgan fingerprint density at radius 3 is 2.42 bits per heavy atom. The van der Waals surface area contributed by atoms with Crippen LogP contribution >= 0.6 is 0 Å². The number of benzene rings is 3. The lowest BCUT2D eigenvalue weighted by molar-refractivity contribution is 0.0694. The average Bonchev–Trinajstić information content (AvgIpc) is 2.68. The van der Waals surface area contributed by atoms with Gasteiger partial charge in [0.15, 0.2) is 0 Å². The maximum atomic E-state index is 13.4. The van der Waals surface area contributed by atoms with E-state index in [-0.39, 0.29) is 17.8 Å². The summed E-state index contributed by atoms with van der Waals surface area (Å²) >= 11 is 0. The van der Waals surface area contributed by atoms with Gasteiger partial charge in [0.1, 0.15) is 5.82 Å². The van der Waals surface area contributed by atoms with Crippen LogP contribution in [0.15, 0.2) is 72.8 Å². The minimum atomic E-state index is -0.269. The predicted molar refractivity (Wildman–Crippen MR) is 101 cm³/mol. The summed E-state index contributed by atoms with van der Waals surface area (Å²) < 4.78 is 13.4. The molecule has 0 radical (unpaired) electrons. The summed E-state index contributed by atoms with van der Waals surface area (Å²) in [5.41, 5.74) is 4.98. The summed E-state index contributed by atoms with van der Waals surface area (Å²) in [6.07, 6.45) is 0.825. The van der Waals surface area contributed by atoms with Crippen molar-refractivity contribution in [1.82, 2.24) is 4.90 Å². The lowest BCUT2D eigenvalue weighted by atomic mass is 9.87.